The number of carbonyl (C=O) groups is 2. The summed E-state index contributed by atoms with van der Waals surface area (Å²) in [4.78, 5) is 27.5. The second-order valence-corrected chi connectivity index (χ2v) is 4.93. The number of esters is 1. The zero-order valence-corrected chi connectivity index (χ0v) is 13.5. The number of nitriles is 1. The summed E-state index contributed by atoms with van der Waals surface area (Å²) in [5.41, 5.74) is 1.65. The molecule has 2 N–H and O–H groups in total. The smallest absolute Gasteiger partial charge is 0.337 e. The van der Waals surface area contributed by atoms with E-state index in [-0.39, 0.29) is 12.1 Å². The summed E-state index contributed by atoms with van der Waals surface area (Å²) < 4.78 is 4.65. The van der Waals surface area contributed by atoms with Crippen LogP contribution in [-0.2, 0) is 16.1 Å². The Balaban J connectivity index is 2.01. The summed E-state index contributed by atoms with van der Waals surface area (Å²) in [6, 6.07) is 11.9. The van der Waals surface area contributed by atoms with Gasteiger partial charge in [-0.1, -0.05) is 12.1 Å². The Morgan fingerprint density at radius 1 is 1.32 bits per heavy atom. The maximum Gasteiger partial charge on any atom is 0.337 e. The molecule has 0 spiro atoms. The van der Waals surface area contributed by atoms with Crippen LogP contribution in [0.4, 0.5) is 5.69 Å². The quantitative estimate of drug-likeness (QED) is 0.475. The average molecular weight is 336 g/mol. The second-order valence-electron chi connectivity index (χ2n) is 4.93. The number of nitrogens with one attached hydrogen (secondary N) is 2. The van der Waals surface area contributed by atoms with E-state index in [9.17, 15) is 9.59 Å². The fourth-order valence-electron chi connectivity index (χ4n) is 1.94. The third kappa shape index (κ3) is 5.18. The number of rotatable bonds is 6. The fourth-order valence-corrected chi connectivity index (χ4v) is 1.94. The summed E-state index contributed by atoms with van der Waals surface area (Å²) in [5, 5.41) is 14.6. The number of hydrogen-bond acceptors (Lipinski definition) is 6. The van der Waals surface area contributed by atoms with Crippen LogP contribution >= 0.6 is 0 Å². The normalized spacial score (nSPS) is 10.5. The molecule has 0 atom stereocenters. The van der Waals surface area contributed by atoms with Gasteiger partial charge >= 0.3 is 5.97 Å². The van der Waals surface area contributed by atoms with Crippen LogP contribution in [0.5, 0.6) is 0 Å². The first kappa shape index (κ1) is 17.7. The highest BCUT2D eigenvalue weighted by Crippen LogP contribution is 2.12. The van der Waals surface area contributed by atoms with Crippen LogP contribution in [0.2, 0.25) is 0 Å². The van der Waals surface area contributed by atoms with Crippen molar-refractivity contribution in [2.75, 3.05) is 12.4 Å². The summed E-state index contributed by atoms with van der Waals surface area (Å²) in [6.45, 7) is 0.267. The van der Waals surface area contributed by atoms with Gasteiger partial charge in [0.1, 0.15) is 11.6 Å². The van der Waals surface area contributed by atoms with E-state index in [1.807, 2.05) is 12.1 Å². The maximum atomic E-state index is 12.1. The van der Waals surface area contributed by atoms with Crippen molar-refractivity contribution in [3.8, 4) is 6.07 Å². The number of benzene rings is 1. The SMILES string of the molecule is COC(=O)c1cccc(N/C=C(/C#N)C(=O)NCc2cccnc2)c1. The molecule has 0 radical (unpaired) electrons. The molecule has 1 amide bonds. The second kappa shape index (κ2) is 8.84. The van der Waals surface area contributed by atoms with Gasteiger partial charge < -0.3 is 15.4 Å². The van der Waals surface area contributed by atoms with Crippen LogP contribution in [0.25, 0.3) is 0 Å². The minimum absolute atomic E-state index is 0.0904. The van der Waals surface area contributed by atoms with Crippen LogP contribution in [0.1, 0.15) is 15.9 Å². The highest BCUT2D eigenvalue weighted by molar-refractivity contribution is 5.97. The van der Waals surface area contributed by atoms with Gasteiger partial charge in [-0.2, -0.15) is 5.26 Å². The Labute approximate surface area is 145 Å². The van der Waals surface area contributed by atoms with Crippen molar-refractivity contribution in [3.05, 3.63) is 71.7 Å². The first-order valence-corrected chi connectivity index (χ1v) is 7.36. The molecule has 25 heavy (non-hydrogen) atoms. The van der Waals surface area contributed by atoms with Gasteiger partial charge in [0, 0.05) is 30.8 Å². The van der Waals surface area contributed by atoms with E-state index in [0.717, 1.165) is 5.56 Å². The number of carbonyl (C=O) groups excluding carboxylic acids is 2. The van der Waals surface area contributed by atoms with E-state index in [2.05, 4.69) is 20.4 Å². The molecule has 1 heterocycles. The molecule has 0 bridgehead atoms. The molecule has 0 fully saturated rings. The van der Waals surface area contributed by atoms with Crippen molar-refractivity contribution >= 4 is 17.6 Å². The molecule has 1 aromatic heterocycles. The van der Waals surface area contributed by atoms with E-state index < -0.39 is 11.9 Å². The zero-order valence-electron chi connectivity index (χ0n) is 13.5. The van der Waals surface area contributed by atoms with Crippen LogP contribution < -0.4 is 10.6 Å². The lowest BCUT2D eigenvalue weighted by Crippen LogP contribution is -2.24. The molecule has 0 saturated heterocycles. The van der Waals surface area contributed by atoms with Crippen molar-refractivity contribution in [3.63, 3.8) is 0 Å². The first-order chi connectivity index (χ1) is 12.1. The molecule has 7 nitrogen and oxygen atoms in total. The summed E-state index contributed by atoms with van der Waals surface area (Å²) in [7, 11) is 1.29. The predicted molar refractivity (Wildman–Crippen MR) is 91.2 cm³/mol. The molecule has 0 saturated carbocycles. The topological polar surface area (TPSA) is 104 Å². The molecule has 1 aromatic carbocycles. The van der Waals surface area contributed by atoms with Crippen molar-refractivity contribution in [1.29, 1.82) is 5.26 Å². The van der Waals surface area contributed by atoms with Crippen LogP contribution in [0.3, 0.4) is 0 Å². The Bertz CT molecular complexity index is 826. The van der Waals surface area contributed by atoms with Gasteiger partial charge in [0.2, 0.25) is 0 Å². The lowest BCUT2D eigenvalue weighted by Gasteiger charge is -2.06. The Hall–Kier alpha value is -3.66. The van der Waals surface area contributed by atoms with Crippen molar-refractivity contribution < 1.29 is 14.3 Å². The largest absolute Gasteiger partial charge is 0.465 e. The van der Waals surface area contributed by atoms with Gasteiger partial charge in [-0.3, -0.25) is 9.78 Å². The summed E-state index contributed by atoms with van der Waals surface area (Å²) in [6.07, 6.45) is 4.56. The highest BCUT2D eigenvalue weighted by Gasteiger charge is 2.09. The molecule has 7 heteroatoms. The van der Waals surface area contributed by atoms with Gasteiger partial charge in [-0.25, -0.2) is 4.79 Å². The molecule has 0 aliphatic rings. The van der Waals surface area contributed by atoms with Gasteiger partial charge in [0.15, 0.2) is 0 Å². The maximum absolute atomic E-state index is 12.1. The number of aromatic nitrogens is 1. The number of methoxy groups -OCH3 is 1. The summed E-state index contributed by atoms with van der Waals surface area (Å²) in [5.74, 6) is -0.981. The molecule has 0 unspecified atom stereocenters. The van der Waals surface area contributed by atoms with Crippen LogP contribution in [-0.4, -0.2) is 24.0 Å². The number of amides is 1. The number of anilines is 1. The van der Waals surface area contributed by atoms with Gasteiger partial charge in [0.05, 0.1) is 12.7 Å². The number of hydrogen-bond donors (Lipinski definition) is 2. The fraction of sp³-hybridized carbons (Fsp3) is 0.111. The first-order valence-electron chi connectivity index (χ1n) is 7.36. The van der Waals surface area contributed by atoms with E-state index in [1.54, 1.807) is 42.7 Å². The van der Waals surface area contributed by atoms with E-state index >= 15 is 0 Å². The third-order valence-corrected chi connectivity index (χ3v) is 3.21. The minimum atomic E-state index is -0.511. The molecule has 0 aliphatic carbocycles. The Kier molecular flexibility index (Phi) is 6.25. The third-order valence-electron chi connectivity index (χ3n) is 3.21. The number of ether oxygens (including phenoxy) is 1. The monoisotopic (exact) mass is 336 g/mol. The molecular formula is C18H16N4O3. The minimum Gasteiger partial charge on any atom is -0.465 e. The molecule has 0 aliphatic heterocycles. The zero-order chi connectivity index (χ0) is 18.1. The van der Waals surface area contributed by atoms with E-state index in [1.165, 1.54) is 13.3 Å². The van der Waals surface area contributed by atoms with Crippen LogP contribution in [0, 0.1) is 11.3 Å². The molecule has 2 rings (SSSR count). The Morgan fingerprint density at radius 3 is 2.84 bits per heavy atom. The van der Waals surface area contributed by atoms with Gasteiger partial charge in [-0.15, -0.1) is 0 Å². The van der Waals surface area contributed by atoms with Crippen LogP contribution in [0.15, 0.2) is 60.6 Å². The number of pyridine rings is 1. The molecule has 2 aromatic rings. The highest BCUT2D eigenvalue weighted by atomic mass is 16.5. The molecular weight excluding hydrogens is 320 g/mol. The van der Waals surface area contributed by atoms with Gasteiger partial charge in [0.25, 0.3) is 5.91 Å². The Morgan fingerprint density at radius 2 is 2.16 bits per heavy atom. The van der Waals surface area contributed by atoms with E-state index in [0.29, 0.717) is 11.3 Å². The van der Waals surface area contributed by atoms with Gasteiger partial charge in [-0.05, 0) is 29.8 Å². The number of nitrogens with zero attached hydrogens (tertiary/aromatic N) is 2. The average Bonchev–Trinajstić information content (AvgIpc) is 2.67. The van der Waals surface area contributed by atoms with E-state index in [4.69, 9.17) is 5.26 Å². The lowest BCUT2D eigenvalue weighted by atomic mass is 10.2. The van der Waals surface area contributed by atoms with Crippen molar-refractivity contribution in [2.45, 2.75) is 6.54 Å². The summed E-state index contributed by atoms with van der Waals surface area (Å²) >= 11 is 0. The van der Waals surface area contributed by atoms with Crippen molar-refractivity contribution in [1.82, 2.24) is 10.3 Å². The standard InChI is InChI=1S/C18H16N4O3/c1-25-18(24)14-5-2-6-16(8-14)21-12-15(9-19)17(23)22-11-13-4-3-7-20-10-13/h2-8,10,12,21H,11H2,1H3,(H,22,23)/b15-12-. The van der Waals surface area contributed by atoms with Crippen molar-refractivity contribution in [2.24, 2.45) is 0 Å². The lowest BCUT2D eigenvalue weighted by molar-refractivity contribution is -0.117. The molecule has 126 valence electrons. The predicted octanol–water partition coefficient (Wildman–Crippen LogP) is 2.00.